The van der Waals surface area contributed by atoms with Gasteiger partial charge < -0.3 is 58.7 Å². The number of rotatable bonds is 12. The van der Waals surface area contributed by atoms with Gasteiger partial charge in [-0.05, 0) is 0 Å². The van der Waals surface area contributed by atoms with Crippen LogP contribution < -0.4 is 0 Å². The monoisotopic (exact) mass is 723 g/mol. The largest absolute Gasteiger partial charge is 0.470 e. The third-order valence-electron chi connectivity index (χ3n) is 3.50. The molecule has 1 rings (SSSR count). The summed E-state index contributed by atoms with van der Waals surface area (Å²) in [6.45, 7) is 0. The van der Waals surface area contributed by atoms with E-state index in [4.69, 9.17) is 58.7 Å². The quantitative estimate of drug-likeness (QED) is 0.0676. The fourth-order valence-corrected chi connectivity index (χ4v) is 6.14. The maximum absolute atomic E-state index is 11.4. The van der Waals surface area contributed by atoms with Crippen molar-refractivity contribution in [1.29, 1.82) is 0 Å². The van der Waals surface area contributed by atoms with E-state index in [1.54, 1.807) is 0 Å². The van der Waals surface area contributed by atoms with E-state index < -0.39 is 83.6 Å². The van der Waals surface area contributed by atoms with Gasteiger partial charge in [-0.1, -0.05) is 0 Å². The second kappa shape index (κ2) is 15.4. The van der Waals surface area contributed by atoms with Gasteiger partial charge in [0, 0.05) is 74.4 Å². The first-order valence-corrected chi connectivity index (χ1v) is 17.2. The van der Waals surface area contributed by atoms with Gasteiger partial charge in [-0.25, -0.2) is 27.4 Å². The zero-order chi connectivity index (χ0) is 28.7. The molecule has 1 aliphatic rings. The minimum atomic E-state index is -6.02. The van der Waals surface area contributed by atoms with Gasteiger partial charge in [-0.15, -0.1) is 0 Å². The minimum Gasteiger partial charge on any atom is -0.303 e. The topological polar surface area (TPSA) is 401 Å². The van der Waals surface area contributed by atoms with Crippen LogP contribution in [0.3, 0.4) is 0 Å². The maximum Gasteiger partial charge on any atom is 0.470 e. The smallest absolute Gasteiger partial charge is 0.303 e. The van der Waals surface area contributed by atoms with Crippen molar-refractivity contribution in [2.75, 3.05) is 0 Å². The molecule has 38 heavy (non-hydrogen) atoms. The zero-order valence-corrected chi connectivity index (χ0v) is 28.0. The van der Waals surface area contributed by atoms with Crippen LogP contribution in [-0.2, 0) is 54.5 Å². The van der Waals surface area contributed by atoms with E-state index in [0.717, 1.165) is 0 Å². The molecule has 24 nitrogen and oxygen atoms in total. The average molecular weight is 723 g/mol. The second-order valence-corrected chi connectivity index (χ2v) is 13.5. The van der Waals surface area contributed by atoms with Crippen molar-refractivity contribution in [2.24, 2.45) is 0 Å². The fraction of sp³-hybridized carbons (Fsp3) is 1.00. The van der Waals surface area contributed by atoms with Crippen LogP contribution >= 0.6 is 46.9 Å². The summed E-state index contributed by atoms with van der Waals surface area (Å²) in [5.41, 5.74) is 0. The molecule has 0 heterocycles. The van der Waals surface area contributed by atoms with Crippen LogP contribution in [0.5, 0.6) is 0 Å². The molecule has 1 saturated carbocycles. The molecule has 0 aromatic heterocycles. The Morgan fingerprint density at radius 2 is 0.395 bits per heavy atom. The molecule has 219 valence electrons. The van der Waals surface area contributed by atoms with Crippen LogP contribution in [-0.4, -0.2) is 170 Å². The van der Waals surface area contributed by atoms with Crippen molar-refractivity contribution in [3.63, 3.8) is 0 Å². The molecular formula is C6H18KMgO24P6. The van der Waals surface area contributed by atoms with Gasteiger partial charge in [0.1, 0.15) is 36.6 Å². The molecule has 32 heteroatoms. The number of hydrogen-bond acceptors (Lipinski definition) is 12. The van der Waals surface area contributed by atoms with Crippen LogP contribution in [0.25, 0.3) is 0 Å². The molecule has 0 aromatic rings. The first kappa shape index (κ1) is 43.2. The Bertz CT molecular complexity index is 831. The molecule has 0 aromatic carbocycles. The predicted octanol–water partition coefficient (Wildman–Crippen LogP) is -3.89. The third kappa shape index (κ3) is 17.4. The summed E-state index contributed by atoms with van der Waals surface area (Å²) in [6.07, 6.45) is -18.9. The normalized spacial score (nSPS) is 27.8. The molecule has 1 fully saturated rings. The number of phosphoric acid groups is 6. The predicted molar refractivity (Wildman–Crippen MR) is 113 cm³/mol. The molecule has 0 bridgehead atoms. The first-order valence-electron chi connectivity index (χ1n) is 8.01. The molecule has 3 radical (unpaired) electrons. The molecule has 0 saturated heterocycles. The molecule has 1 aliphatic carbocycles. The van der Waals surface area contributed by atoms with E-state index in [0.29, 0.717) is 0 Å². The first-order chi connectivity index (χ1) is 15.6. The van der Waals surface area contributed by atoms with Crippen molar-refractivity contribution in [3.8, 4) is 0 Å². The van der Waals surface area contributed by atoms with Gasteiger partial charge in [0.2, 0.25) is 0 Å². The molecule has 0 amide bonds. The van der Waals surface area contributed by atoms with E-state index in [9.17, 15) is 27.4 Å². The van der Waals surface area contributed by atoms with Gasteiger partial charge >= 0.3 is 46.9 Å². The zero-order valence-electron chi connectivity index (χ0n) is 18.1. The van der Waals surface area contributed by atoms with Gasteiger partial charge in [0.05, 0.1) is 0 Å². The third-order valence-corrected chi connectivity index (χ3v) is 6.61. The van der Waals surface area contributed by atoms with Gasteiger partial charge in [0.15, 0.2) is 0 Å². The Kier molecular flexibility index (Phi) is 17.5. The Morgan fingerprint density at radius 1 is 0.316 bits per heavy atom. The fourth-order valence-electron chi connectivity index (χ4n) is 2.79. The average Bonchev–Trinajstić information content (AvgIpc) is 2.51. The van der Waals surface area contributed by atoms with E-state index in [1.807, 2.05) is 0 Å². The van der Waals surface area contributed by atoms with Crippen molar-refractivity contribution >= 4 is 121 Å². The Labute approximate surface area is 268 Å². The number of hydrogen-bond donors (Lipinski definition) is 12. The van der Waals surface area contributed by atoms with Crippen LogP contribution in [0.15, 0.2) is 0 Å². The number of phosphoric ester groups is 6. The molecule has 0 unspecified atom stereocenters. The summed E-state index contributed by atoms with van der Waals surface area (Å²) < 4.78 is 93.1. The van der Waals surface area contributed by atoms with Crippen molar-refractivity contribution in [1.82, 2.24) is 0 Å². The molecule has 0 spiro atoms. The SMILES string of the molecule is O=P(O)(O)OC1C(OP(=O)(O)O)C(OP(=O)(O)O)C(OP(=O)(O)O)C(OP(=O)(O)O)C1OP(=O)(O)O.[K].[Mg]. The van der Waals surface area contributed by atoms with Crippen molar-refractivity contribution < 1.29 is 113 Å². The van der Waals surface area contributed by atoms with Gasteiger partial charge in [-0.3, -0.25) is 27.1 Å². The molecular weight excluding hydrogens is 705 g/mol. The molecule has 0 atom stereocenters. The van der Waals surface area contributed by atoms with Gasteiger partial charge in [-0.2, -0.15) is 0 Å². The Balaban J connectivity index is 0. The maximum atomic E-state index is 11.4. The minimum absolute atomic E-state index is 0. The summed E-state index contributed by atoms with van der Waals surface area (Å²) in [5.74, 6) is 0. The van der Waals surface area contributed by atoms with Crippen LogP contribution in [0.4, 0.5) is 0 Å². The van der Waals surface area contributed by atoms with Crippen LogP contribution in [0, 0.1) is 0 Å². The van der Waals surface area contributed by atoms with Gasteiger partial charge in [0.25, 0.3) is 0 Å². The Hall–Kier alpha value is 3.06. The van der Waals surface area contributed by atoms with E-state index in [2.05, 4.69) is 27.1 Å². The summed E-state index contributed by atoms with van der Waals surface area (Å²) in [4.78, 5) is 110. The van der Waals surface area contributed by atoms with Crippen molar-refractivity contribution in [3.05, 3.63) is 0 Å². The summed E-state index contributed by atoms with van der Waals surface area (Å²) in [6, 6.07) is 0. The Morgan fingerprint density at radius 3 is 0.447 bits per heavy atom. The van der Waals surface area contributed by atoms with Crippen LogP contribution in [0.1, 0.15) is 0 Å². The standard InChI is InChI=1S/C6H18O24P6.K.Mg/c7-31(8,9)25-1-2(26-32(10,11)12)4(28-34(16,17)18)6(30-36(22,23)24)5(29-35(19,20)21)3(1)27-33(13,14)15;;/h1-6H,(H2,7,8,9)(H2,10,11,12)(H2,13,14,15)(H2,16,17,18)(H2,19,20,21)(H2,22,23,24);;. The second-order valence-electron chi connectivity index (χ2n) is 6.36. The summed E-state index contributed by atoms with van der Waals surface area (Å²) in [5, 5.41) is 0. The van der Waals surface area contributed by atoms with E-state index in [-0.39, 0.29) is 74.4 Å². The van der Waals surface area contributed by atoms with E-state index >= 15 is 0 Å². The summed E-state index contributed by atoms with van der Waals surface area (Å²) >= 11 is 0. The van der Waals surface area contributed by atoms with E-state index in [1.165, 1.54) is 0 Å². The van der Waals surface area contributed by atoms with Crippen molar-refractivity contribution in [2.45, 2.75) is 36.6 Å². The molecule has 0 aliphatic heterocycles. The molecule has 12 N–H and O–H groups in total. The summed E-state index contributed by atoms with van der Waals surface area (Å²) in [7, 11) is -36.1. The van der Waals surface area contributed by atoms with Crippen LogP contribution in [0.2, 0.25) is 0 Å².